The van der Waals surface area contributed by atoms with Crippen LogP contribution in [0.1, 0.15) is 30.3 Å². The highest BCUT2D eigenvalue weighted by atomic mass is 35.5. The van der Waals surface area contributed by atoms with Crippen LogP contribution in [0.2, 0.25) is 5.02 Å². The van der Waals surface area contributed by atoms with Crippen LogP contribution in [0.5, 0.6) is 0 Å². The van der Waals surface area contributed by atoms with Crippen molar-refractivity contribution >= 4 is 23.3 Å². The van der Waals surface area contributed by atoms with Crippen LogP contribution >= 0.6 is 11.6 Å². The fourth-order valence-electron chi connectivity index (χ4n) is 5.02. The van der Waals surface area contributed by atoms with E-state index in [1.54, 1.807) is 19.1 Å². The van der Waals surface area contributed by atoms with Gasteiger partial charge in [-0.1, -0.05) is 23.7 Å². The Bertz CT molecular complexity index is 1170. The summed E-state index contributed by atoms with van der Waals surface area (Å²) in [7, 11) is 2.18. The van der Waals surface area contributed by atoms with Gasteiger partial charge in [-0.2, -0.15) is 0 Å². The van der Waals surface area contributed by atoms with E-state index in [0.29, 0.717) is 16.5 Å². The van der Waals surface area contributed by atoms with Crippen LogP contribution in [-0.2, 0) is 9.47 Å². The molecule has 0 bridgehead atoms. The van der Waals surface area contributed by atoms with Gasteiger partial charge in [-0.05, 0) is 63.2 Å². The van der Waals surface area contributed by atoms with E-state index in [9.17, 15) is 4.79 Å². The second-order valence-corrected chi connectivity index (χ2v) is 9.78. The average molecular weight is 495 g/mol. The first kappa shape index (κ1) is 23.9. The van der Waals surface area contributed by atoms with E-state index >= 15 is 0 Å². The van der Waals surface area contributed by atoms with Crippen LogP contribution in [0.3, 0.4) is 0 Å². The standard InChI is InChI=1S/C27H31ClN4O3/c1-3-34-26(33)24-23(19-4-8-21(28)9-5-19)29-25(30-24)20-6-10-22(11-7-20)32-14-12-27(13-15-32)18-31(2)16-17-35-27/h4-11H,3,12-18H2,1-2H3,(H,29,30). The average Bonchev–Trinajstić information content (AvgIpc) is 3.31. The molecule has 1 N–H and O–H groups in total. The summed E-state index contributed by atoms with van der Waals surface area (Å²) < 4.78 is 11.5. The molecule has 0 radical (unpaired) electrons. The van der Waals surface area contributed by atoms with Crippen molar-refractivity contribution < 1.29 is 14.3 Å². The molecule has 2 aliphatic heterocycles. The highest BCUT2D eigenvalue weighted by molar-refractivity contribution is 6.30. The molecular formula is C27H31ClN4O3. The first-order valence-electron chi connectivity index (χ1n) is 12.2. The lowest BCUT2D eigenvalue weighted by Crippen LogP contribution is -2.56. The Kier molecular flexibility index (Phi) is 6.82. The zero-order valence-electron chi connectivity index (χ0n) is 20.2. The summed E-state index contributed by atoms with van der Waals surface area (Å²) in [6.07, 6.45) is 2.06. The summed E-state index contributed by atoms with van der Waals surface area (Å²) >= 11 is 6.05. The van der Waals surface area contributed by atoms with E-state index in [4.69, 9.17) is 21.1 Å². The number of nitrogens with zero attached hydrogens (tertiary/aromatic N) is 3. The van der Waals surface area contributed by atoms with Crippen molar-refractivity contribution in [1.29, 1.82) is 0 Å². The van der Waals surface area contributed by atoms with Crippen LogP contribution in [-0.4, -0.2) is 72.9 Å². The summed E-state index contributed by atoms with van der Waals surface area (Å²) in [6.45, 7) is 6.86. The van der Waals surface area contributed by atoms with Crippen molar-refractivity contribution in [2.75, 3.05) is 51.3 Å². The van der Waals surface area contributed by atoms with Crippen molar-refractivity contribution in [3.63, 3.8) is 0 Å². The third-order valence-electron chi connectivity index (χ3n) is 6.93. The Balaban J connectivity index is 1.35. The van der Waals surface area contributed by atoms with Crippen LogP contribution in [0, 0.1) is 0 Å². The molecule has 0 aliphatic carbocycles. The third kappa shape index (κ3) is 5.08. The van der Waals surface area contributed by atoms with Crippen LogP contribution in [0.25, 0.3) is 22.6 Å². The van der Waals surface area contributed by atoms with Crippen molar-refractivity contribution in [3.05, 3.63) is 59.2 Å². The minimum Gasteiger partial charge on any atom is -0.461 e. The number of carbonyl (C=O) groups is 1. The number of aromatic nitrogens is 2. The van der Waals surface area contributed by atoms with Gasteiger partial charge in [-0.15, -0.1) is 0 Å². The number of esters is 1. The number of morpholine rings is 1. The topological polar surface area (TPSA) is 70.7 Å². The Morgan fingerprint density at radius 2 is 1.77 bits per heavy atom. The Morgan fingerprint density at radius 3 is 2.43 bits per heavy atom. The fourth-order valence-corrected chi connectivity index (χ4v) is 5.15. The molecule has 5 rings (SSSR count). The Morgan fingerprint density at radius 1 is 1.09 bits per heavy atom. The number of rotatable bonds is 5. The summed E-state index contributed by atoms with van der Waals surface area (Å²) in [5.41, 5.74) is 3.81. The summed E-state index contributed by atoms with van der Waals surface area (Å²) in [5, 5.41) is 0.632. The summed E-state index contributed by atoms with van der Waals surface area (Å²) in [4.78, 5) is 25.3. The molecule has 0 atom stereocenters. The Labute approximate surface area is 211 Å². The zero-order chi connectivity index (χ0) is 24.4. The molecule has 7 nitrogen and oxygen atoms in total. The second kappa shape index (κ2) is 10.0. The minimum absolute atomic E-state index is 0.000819. The number of ether oxygens (including phenoxy) is 2. The van der Waals surface area contributed by atoms with Crippen molar-refractivity contribution in [1.82, 2.24) is 14.9 Å². The Hall–Kier alpha value is -2.87. The van der Waals surface area contributed by atoms with Gasteiger partial charge < -0.3 is 24.3 Å². The van der Waals surface area contributed by atoms with E-state index in [-0.39, 0.29) is 17.9 Å². The van der Waals surface area contributed by atoms with Gasteiger partial charge in [0.15, 0.2) is 5.69 Å². The molecule has 0 saturated carbocycles. The van der Waals surface area contributed by atoms with Crippen LogP contribution in [0.4, 0.5) is 5.69 Å². The van der Waals surface area contributed by atoms with Crippen molar-refractivity contribution in [2.24, 2.45) is 0 Å². The molecule has 0 amide bonds. The molecule has 3 heterocycles. The zero-order valence-corrected chi connectivity index (χ0v) is 21.0. The molecule has 184 valence electrons. The smallest absolute Gasteiger partial charge is 0.359 e. The number of benzene rings is 2. The maximum Gasteiger partial charge on any atom is 0.359 e. The van der Waals surface area contributed by atoms with Crippen LogP contribution < -0.4 is 4.90 Å². The van der Waals surface area contributed by atoms with Gasteiger partial charge in [-0.25, -0.2) is 9.78 Å². The molecule has 0 unspecified atom stereocenters. The molecule has 1 spiro atoms. The maximum atomic E-state index is 12.6. The first-order chi connectivity index (χ1) is 17.0. The number of anilines is 1. The van der Waals surface area contributed by atoms with Gasteiger partial charge in [-0.3, -0.25) is 0 Å². The van der Waals surface area contributed by atoms with Gasteiger partial charge in [0.1, 0.15) is 5.82 Å². The van der Waals surface area contributed by atoms with E-state index in [2.05, 4.69) is 38.9 Å². The number of H-pyrrole nitrogens is 1. The minimum atomic E-state index is -0.450. The molecule has 2 saturated heterocycles. The lowest BCUT2D eigenvalue weighted by atomic mass is 9.89. The predicted octanol–water partition coefficient (Wildman–Crippen LogP) is 4.87. The molecule has 8 heteroatoms. The number of halogens is 1. The lowest BCUT2D eigenvalue weighted by Gasteiger charge is -2.47. The number of hydrogen-bond donors (Lipinski definition) is 1. The van der Waals surface area contributed by atoms with Crippen LogP contribution in [0.15, 0.2) is 48.5 Å². The van der Waals surface area contributed by atoms with Crippen molar-refractivity contribution in [2.45, 2.75) is 25.4 Å². The van der Waals surface area contributed by atoms with Gasteiger partial charge >= 0.3 is 5.97 Å². The van der Waals surface area contributed by atoms with Gasteiger partial charge in [0.05, 0.1) is 24.5 Å². The number of likely N-dealkylation sites (N-methyl/N-ethyl adjacent to an activating group) is 1. The highest BCUT2D eigenvalue weighted by Gasteiger charge is 2.38. The second-order valence-electron chi connectivity index (χ2n) is 9.34. The monoisotopic (exact) mass is 494 g/mol. The lowest BCUT2D eigenvalue weighted by molar-refractivity contribution is -0.115. The number of aromatic amines is 1. The SMILES string of the molecule is CCOC(=O)c1nc(-c2ccc(N3CCC4(CC3)CN(C)CCO4)cc2)[nH]c1-c1ccc(Cl)cc1. The number of hydrogen-bond acceptors (Lipinski definition) is 6. The summed E-state index contributed by atoms with van der Waals surface area (Å²) in [6, 6.07) is 15.6. The maximum absolute atomic E-state index is 12.6. The molecule has 2 aliphatic rings. The van der Waals surface area contributed by atoms with Gasteiger partial charge in [0, 0.05) is 48.0 Å². The van der Waals surface area contributed by atoms with E-state index in [1.807, 2.05) is 24.3 Å². The molecule has 1 aromatic heterocycles. The molecule has 2 aromatic carbocycles. The quantitative estimate of drug-likeness (QED) is 0.510. The number of carbonyl (C=O) groups excluding carboxylic acids is 1. The number of piperidine rings is 1. The van der Waals surface area contributed by atoms with E-state index in [1.165, 1.54) is 5.69 Å². The van der Waals surface area contributed by atoms with Gasteiger partial charge in [0.2, 0.25) is 0 Å². The highest BCUT2D eigenvalue weighted by Crippen LogP contribution is 2.33. The normalized spacial score (nSPS) is 18.1. The van der Waals surface area contributed by atoms with Gasteiger partial charge in [0.25, 0.3) is 0 Å². The van der Waals surface area contributed by atoms with Crippen molar-refractivity contribution in [3.8, 4) is 22.6 Å². The fraction of sp³-hybridized carbons (Fsp3) is 0.407. The third-order valence-corrected chi connectivity index (χ3v) is 7.18. The van der Waals surface area contributed by atoms with E-state index in [0.717, 1.165) is 56.8 Å². The summed E-state index contributed by atoms with van der Waals surface area (Å²) in [5.74, 6) is 0.176. The van der Waals surface area contributed by atoms with E-state index < -0.39 is 5.97 Å². The number of imidazole rings is 1. The predicted molar refractivity (Wildman–Crippen MR) is 138 cm³/mol. The molecule has 3 aromatic rings. The molecule has 2 fully saturated rings. The molecule has 35 heavy (non-hydrogen) atoms. The molecular weight excluding hydrogens is 464 g/mol. The first-order valence-corrected chi connectivity index (χ1v) is 12.6. The largest absolute Gasteiger partial charge is 0.461 e. The number of nitrogens with one attached hydrogen (secondary N) is 1.